The molecule has 33 heavy (non-hydrogen) atoms. The van der Waals surface area contributed by atoms with Crippen LogP contribution in [-0.4, -0.2) is 46.5 Å². The molecule has 0 radical (unpaired) electrons. The first-order chi connectivity index (χ1) is 15.6. The standard InChI is InChI=1S/C21H19ClN4O6S/c1-13-5-6-15(11-25-13)33(30,31)26-12-14(10-17(26)16-4-3-9-24-20(16)22)21(23-2)32-19(29)8-7-18(27)28/h3-12,21,23H,1-2H3,(H,27,28)/b8-7+. The van der Waals surface area contributed by atoms with Crippen molar-refractivity contribution in [2.75, 3.05) is 7.05 Å². The summed E-state index contributed by atoms with van der Waals surface area (Å²) >= 11 is 6.23. The summed E-state index contributed by atoms with van der Waals surface area (Å²) in [6, 6.07) is 7.69. The second kappa shape index (κ2) is 9.94. The Morgan fingerprint density at radius 3 is 2.61 bits per heavy atom. The zero-order valence-corrected chi connectivity index (χ0v) is 19.0. The molecular formula is C21H19ClN4O6S. The van der Waals surface area contributed by atoms with E-state index in [4.69, 9.17) is 21.4 Å². The second-order valence-corrected chi connectivity index (χ2v) is 8.89. The van der Waals surface area contributed by atoms with E-state index in [-0.39, 0.29) is 21.3 Å². The molecule has 0 bridgehead atoms. The number of halogens is 1. The molecule has 0 aliphatic carbocycles. The highest BCUT2D eigenvalue weighted by Crippen LogP contribution is 2.33. The first-order valence-electron chi connectivity index (χ1n) is 9.43. The van der Waals surface area contributed by atoms with Gasteiger partial charge in [-0.2, -0.15) is 0 Å². The maximum Gasteiger partial charge on any atom is 0.332 e. The molecular weight excluding hydrogens is 472 g/mol. The van der Waals surface area contributed by atoms with Crippen LogP contribution in [0.4, 0.5) is 0 Å². The minimum absolute atomic E-state index is 0.0566. The summed E-state index contributed by atoms with van der Waals surface area (Å²) in [5.41, 5.74) is 1.43. The Bertz CT molecular complexity index is 1320. The molecule has 1 unspecified atom stereocenters. The molecule has 0 saturated heterocycles. The molecule has 3 rings (SSSR count). The lowest BCUT2D eigenvalue weighted by molar-refractivity contribution is -0.145. The monoisotopic (exact) mass is 490 g/mol. The van der Waals surface area contributed by atoms with Gasteiger partial charge in [0.2, 0.25) is 0 Å². The zero-order valence-electron chi connectivity index (χ0n) is 17.5. The number of nitrogens with zero attached hydrogens (tertiary/aromatic N) is 3. The Hall–Kier alpha value is -3.54. The molecule has 10 nitrogen and oxygen atoms in total. The van der Waals surface area contributed by atoms with Crippen molar-refractivity contribution >= 4 is 33.6 Å². The molecule has 3 aromatic heterocycles. The van der Waals surface area contributed by atoms with Crippen LogP contribution in [-0.2, 0) is 24.3 Å². The maximum absolute atomic E-state index is 13.4. The number of carbonyl (C=O) groups excluding carboxylic acids is 1. The fourth-order valence-electron chi connectivity index (χ4n) is 2.89. The van der Waals surface area contributed by atoms with Crippen molar-refractivity contribution in [3.05, 3.63) is 77.5 Å². The highest BCUT2D eigenvalue weighted by Gasteiger charge is 2.26. The Kier molecular flexibility index (Phi) is 7.26. The van der Waals surface area contributed by atoms with Crippen LogP contribution in [0.5, 0.6) is 0 Å². The number of hydrogen-bond acceptors (Lipinski definition) is 8. The van der Waals surface area contributed by atoms with E-state index in [1.165, 1.54) is 37.8 Å². The van der Waals surface area contributed by atoms with Gasteiger partial charge in [-0.15, -0.1) is 0 Å². The summed E-state index contributed by atoms with van der Waals surface area (Å²) in [6.45, 7) is 1.73. The van der Waals surface area contributed by atoms with Crippen LogP contribution in [0, 0.1) is 6.92 Å². The van der Waals surface area contributed by atoms with Crippen LogP contribution < -0.4 is 5.32 Å². The van der Waals surface area contributed by atoms with Gasteiger partial charge < -0.3 is 9.84 Å². The minimum atomic E-state index is -4.11. The number of nitrogens with one attached hydrogen (secondary N) is 1. The van der Waals surface area contributed by atoms with Crippen molar-refractivity contribution in [3.8, 4) is 11.3 Å². The van der Waals surface area contributed by atoms with Crippen LogP contribution in [0.15, 0.2) is 66.0 Å². The molecule has 0 aliphatic heterocycles. The molecule has 3 aromatic rings. The van der Waals surface area contributed by atoms with E-state index >= 15 is 0 Å². The normalized spacial score (nSPS) is 12.6. The number of carboxylic acid groups (broad SMARTS) is 1. The first-order valence-corrected chi connectivity index (χ1v) is 11.3. The van der Waals surface area contributed by atoms with E-state index in [0.29, 0.717) is 17.3 Å². The van der Waals surface area contributed by atoms with E-state index in [2.05, 4.69) is 15.3 Å². The summed E-state index contributed by atoms with van der Waals surface area (Å²) < 4.78 is 33.1. The maximum atomic E-state index is 13.4. The summed E-state index contributed by atoms with van der Waals surface area (Å²) in [6.07, 6.45) is 4.28. The molecule has 0 saturated carbocycles. The highest BCUT2D eigenvalue weighted by atomic mass is 35.5. The number of aliphatic carboxylic acids is 1. The summed E-state index contributed by atoms with van der Waals surface area (Å²) in [4.78, 5) is 30.6. The molecule has 3 heterocycles. The number of ether oxygens (including phenoxy) is 1. The van der Waals surface area contributed by atoms with Crippen molar-refractivity contribution < 1.29 is 27.9 Å². The van der Waals surface area contributed by atoms with Crippen LogP contribution in [0.25, 0.3) is 11.3 Å². The van der Waals surface area contributed by atoms with Crippen LogP contribution >= 0.6 is 11.6 Å². The van der Waals surface area contributed by atoms with Gasteiger partial charge in [-0.05, 0) is 44.3 Å². The lowest BCUT2D eigenvalue weighted by Gasteiger charge is -2.14. The third-order valence-corrected chi connectivity index (χ3v) is 6.40. The van der Waals surface area contributed by atoms with Gasteiger partial charge >= 0.3 is 11.9 Å². The third-order valence-electron chi connectivity index (χ3n) is 4.44. The Balaban J connectivity index is 2.12. The average Bonchev–Trinajstić information content (AvgIpc) is 3.22. The molecule has 1 atom stereocenters. The van der Waals surface area contributed by atoms with Crippen LogP contribution in [0.3, 0.4) is 0 Å². The van der Waals surface area contributed by atoms with Gasteiger partial charge in [-0.1, -0.05) is 11.6 Å². The highest BCUT2D eigenvalue weighted by molar-refractivity contribution is 7.90. The van der Waals surface area contributed by atoms with Crippen LogP contribution in [0.2, 0.25) is 5.15 Å². The van der Waals surface area contributed by atoms with Gasteiger partial charge in [0, 0.05) is 47.6 Å². The van der Waals surface area contributed by atoms with E-state index in [1.54, 1.807) is 25.1 Å². The van der Waals surface area contributed by atoms with Crippen molar-refractivity contribution in [1.82, 2.24) is 19.3 Å². The molecule has 0 aromatic carbocycles. The molecule has 0 spiro atoms. The van der Waals surface area contributed by atoms with Crippen molar-refractivity contribution in [2.45, 2.75) is 18.0 Å². The number of rotatable bonds is 8. The molecule has 0 aliphatic rings. The smallest absolute Gasteiger partial charge is 0.332 e. The van der Waals surface area contributed by atoms with Gasteiger partial charge in [0.1, 0.15) is 10.0 Å². The number of aryl methyl sites for hydroxylation is 1. The fraction of sp³-hybridized carbons (Fsp3) is 0.143. The number of esters is 1. The molecule has 0 amide bonds. The number of hydrogen-bond donors (Lipinski definition) is 2. The van der Waals surface area contributed by atoms with E-state index in [1.807, 2.05) is 0 Å². The first kappa shape index (κ1) is 24.1. The topological polar surface area (TPSA) is 140 Å². The lowest BCUT2D eigenvalue weighted by atomic mass is 10.2. The number of carboxylic acids is 1. The molecule has 2 N–H and O–H groups in total. The quantitative estimate of drug-likeness (QED) is 0.211. The predicted octanol–water partition coefficient (Wildman–Crippen LogP) is 2.55. The van der Waals surface area contributed by atoms with Gasteiger partial charge in [0.25, 0.3) is 10.0 Å². The second-order valence-electron chi connectivity index (χ2n) is 6.71. The van der Waals surface area contributed by atoms with Crippen LogP contribution in [0.1, 0.15) is 17.5 Å². The van der Waals surface area contributed by atoms with E-state index in [9.17, 15) is 18.0 Å². The Morgan fingerprint density at radius 1 is 1.24 bits per heavy atom. The van der Waals surface area contributed by atoms with Gasteiger partial charge in [-0.25, -0.2) is 27.0 Å². The lowest BCUT2D eigenvalue weighted by Crippen LogP contribution is -2.22. The number of pyridine rings is 2. The summed E-state index contributed by atoms with van der Waals surface area (Å²) in [7, 11) is -2.62. The SMILES string of the molecule is CNC(OC(=O)/C=C/C(=O)O)c1cc(-c2cccnc2Cl)n(S(=O)(=O)c2ccc(C)nc2)c1. The van der Waals surface area contributed by atoms with Crippen molar-refractivity contribution in [1.29, 1.82) is 0 Å². The van der Waals surface area contributed by atoms with E-state index in [0.717, 1.165) is 10.0 Å². The minimum Gasteiger partial charge on any atom is -0.478 e. The number of carbonyl (C=O) groups is 2. The Morgan fingerprint density at radius 2 is 2.00 bits per heavy atom. The van der Waals surface area contributed by atoms with Crippen molar-refractivity contribution in [2.24, 2.45) is 0 Å². The Labute approximate surface area is 194 Å². The molecule has 0 fully saturated rings. The summed E-state index contributed by atoms with van der Waals surface area (Å²) in [5, 5.41) is 11.5. The van der Waals surface area contributed by atoms with Gasteiger partial charge in [-0.3, -0.25) is 10.3 Å². The third kappa shape index (κ3) is 5.45. The van der Waals surface area contributed by atoms with Gasteiger partial charge in [0.05, 0.1) is 5.69 Å². The largest absolute Gasteiger partial charge is 0.478 e. The fourth-order valence-corrected chi connectivity index (χ4v) is 4.43. The predicted molar refractivity (Wildman–Crippen MR) is 119 cm³/mol. The molecule has 12 heteroatoms. The average molecular weight is 491 g/mol. The molecule has 172 valence electrons. The van der Waals surface area contributed by atoms with Gasteiger partial charge in [0.15, 0.2) is 6.23 Å². The summed E-state index contributed by atoms with van der Waals surface area (Å²) in [5.74, 6) is -2.25. The zero-order chi connectivity index (χ0) is 24.2. The number of aromatic nitrogens is 3. The van der Waals surface area contributed by atoms with Crippen molar-refractivity contribution in [3.63, 3.8) is 0 Å². The van der Waals surface area contributed by atoms with E-state index < -0.39 is 28.2 Å².